The molecule has 0 amide bonds. The first-order valence-corrected chi connectivity index (χ1v) is 6.34. The molecule has 1 atom stereocenters. The van der Waals surface area contributed by atoms with Gasteiger partial charge in [0.15, 0.2) is 0 Å². The van der Waals surface area contributed by atoms with E-state index in [0.717, 1.165) is 0 Å². The molecule has 0 spiro atoms. The number of aliphatic hydroxyl groups excluding tert-OH is 1. The summed E-state index contributed by atoms with van der Waals surface area (Å²) in [5.41, 5.74) is 0.423. The molecule has 100 valence electrons. The predicted octanol–water partition coefficient (Wildman–Crippen LogP) is 2.23. The molecule has 1 fully saturated rings. The number of hydrogen-bond acceptors (Lipinski definition) is 3. The van der Waals surface area contributed by atoms with Gasteiger partial charge in [-0.1, -0.05) is 12.1 Å². The van der Waals surface area contributed by atoms with Gasteiger partial charge in [0.05, 0.1) is 17.4 Å². The molecule has 0 aromatic heterocycles. The number of anilines is 1. The lowest BCUT2D eigenvalue weighted by Gasteiger charge is -2.38. The van der Waals surface area contributed by atoms with Crippen molar-refractivity contribution in [2.45, 2.75) is 38.4 Å². The van der Waals surface area contributed by atoms with E-state index in [1.807, 2.05) is 4.90 Å². The molecule has 0 aliphatic carbocycles. The third-order valence-electron chi connectivity index (χ3n) is 3.62. The summed E-state index contributed by atoms with van der Waals surface area (Å²) in [6.07, 6.45) is 0.527. The first kappa shape index (κ1) is 13.3. The molecule has 1 saturated heterocycles. The zero-order valence-corrected chi connectivity index (χ0v) is 10.9. The van der Waals surface area contributed by atoms with E-state index in [1.54, 1.807) is 26.0 Å². The lowest BCUT2D eigenvalue weighted by Crippen LogP contribution is -2.43. The molecule has 1 aromatic rings. The fourth-order valence-corrected chi connectivity index (χ4v) is 2.41. The Hall–Kier alpha value is -1.13. The van der Waals surface area contributed by atoms with Crippen molar-refractivity contribution in [1.82, 2.24) is 0 Å². The zero-order chi connectivity index (χ0) is 13.3. The zero-order valence-electron chi connectivity index (χ0n) is 10.9. The van der Waals surface area contributed by atoms with Gasteiger partial charge in [-0.15, -0.1) is 0 Å². The third-order valence-corrected chi connectivity index (χ3v) is 3.62. The quantitative estimate of drug-likeness (QED) is 0.849. The molecule has 1 heterocycles. The van der Waals surface area contributed by atoms with Crippen LogP contribution in [0, 0.1) is 5.82 Å². The molecule has 1 aromatic carbocycles. The van der Waals surface area contributed by atoms with Crippen LogP contribution in [0.4, 0.5) is 10.1 Å². The average molecular weight is 253 g/mol. The summed E-state index contributed by atoms with van der Waals surface area (Å²) in [7, 11) is 0. The highest BCUT2D eigenvalue weighted by Crippen LogP contribution is 2.33. The van der Waals surface area contributed by atoms with E-state index in [2.05, 4.69) is 0 Å². The van der Waals surface area contributed by atoms with Crippen molar-refractivity contribution >= 4 is 5.69 Å². The Morgan fingerprint density at radius 3 is 2.50 bits per heavy atom. The van der Waals surface area contributed by atoms with E-state index < -0.39 is 11.7 Å². The smallest absolute Gasteiger partial charge is 0.146 e. The van der Waals surface area contributed by atoms with Crippen LogP contribution in [-0.4, -0.2) is 28.9 Å². The van der Waals surface area contributed by atoms with Crippen LogP contribution in [0.3, 0.4) is 0 Å². The Labute approximate surface area is 107 Å². The van der Waals surface area contributed by atoms with Crippen LogP contribution in [0.1, 0.15) is 38.4 Å². The second-order valence-corrected chi connectivity index (χ2v) is 5.34. The maximum absolute atomic E-state index is 14.0. The Kier molecular flexibility index (Phi) is 3.59. The van der Waals surface area contributed by atoms with E-state index in [0.29, 0.717) is 37.2 Å². The van der Waals surface area contributed by atoms with Gasteiger partial charge in [-0.2, -0.15) is 0 Å². The van der Waals surface area contributed by atoms with E-state index in [-0.39, 0.29) is 5.82 Å². The van der Waals surface area contributed by atoms with Crippen molar-refractivity contribution in [3.8, 4) is 0 Å². The second-order valence-electron chi connectivity index (χ2n) is 5.34. The second kappa shape index (κ2) is 4.86. The number of nitrogens with zero attached hydrogens (tertiary/aromatic N) is 1. The highest BCUT2D eigenvalue weighted by Gasteiger charge is 2.29. The molecular weight excluding hydrogens is 233 g/mol. The van der Waals surface area contributed by atoms with Crippen LogP contribution >= 0.6 is 0 Å². The van der Waals surface area contributed by atoms with Crippen LogP contribution in [0.2, 0.25) is 0 Å². The molecule has 18 heavy (non-hydrogen) atoms. The van der Waals surface area contributed by atoms with Gasteiger partial charge in [0.1, 0.15) is 5.82 Å². The number of rotatable bonds is 2. The molecule has 1 aliphatic heterocycles. The topological polar surface area (TPSA) is 43.7 Å². The van der Waals surface area contributed by atoms with Crippen LogP contribution in [0.5, 0.6) is 0 Å². The van der Waals surface area contributed by atoms with Crippen LogP contribution < -0.4 is 4.90 Å². The van der Waals surface area contributed by atoms with Gasteiger partial charge in [0.25, 0.3) is 0 Å². The number of aliphatic hydroxyl groups is 2. The summed E-state index contributed by atoms with van der Waals surface area (Å²) >= 11 is 0. The van der Waals surface area contributed by atoms with E-state index in [9.17, 15) is 14.6 Å². The Balaban J connectivity index is 2.28. The van der Waals surface area contributed by atoms with Gasteiger partial charge in [-0.05, 0) is 32.8 Å². The Bertz CT molecular complexity index is 422. The molecule has 0 saturated carbocycles. The van der Waals surface area contributed by atoms with E-state index in [4.69, 9.17) is 0 Å². The number of para-hydroxylation sites is 1. The first-order valence-electron chi connectivity index (χ1n) is 6.34. The van der Waals surface area contributed by atoms with Gasteiger partial charge < -0.3 is 15.1 Å². The lowest BCUT2D eigenvalue weighted by atomic mass is 9.93. The monoisotopic (exact) mass is 253 g/mol. The van der Waals surface area contributed by atoms with Crippen molar-refractivity contribution < 1.29 is 14.6 Å². The van der Waals surface area contributed by atoms with Crippen LogP contribution in [0.15, 0.2) is 18.2 Å². The Morgan fingerprint density at radius 2 is 1.94 bits per heavy atom. The number of piperidine rings is 1. The van der Waals surface area contributed by atoms with Gasteiger partial charge >= 0.3 is 0 Å². The largest absolute Gasteiger partial charge is 0.390 e. The highest BCUT2D eigenvalue weighted by atomic mass is 19.1. The minimum Gasteiger partial charge on any atom is -0.390 e. The highest BCUT2D eigenvalue weighted by molar-refractivity contribution is 5.56. The van der Waals surface area contributed by atoms with Crippen molar-refractivity contribution in [2.75, 3.05) is 18.0 Å². The summed E-state index contributed by atoms with van der Waals surface area (Å²) in [6, 6.07) is 4.77. The van der Waals surface area contributed by atoms with Crippen molar-refractivity contribution in [1.29, 1.82) is 0 Å². The minimum absolute atomic E-state index is 0.310. The van der Waals surface area contributed by atoms with Crippen molar-refractivity contribution in [3.05, 3.63) is 29.6 Å². The number of hydrogen-bond donors (Lipinski definition) is 2. The SMILES string of the molecule is C[C@H](O)c1cccc(F)c1N1CCC(C)(O)CC1. The molecule has 3 nitrogen and oxygen atoms in total. The molecular formula is C14H20FNO2. The summed E-state index contributed by atoms with van der Waals surface area (Å²) in [5, 5.41) is 19.6. The summed E-state index contributed by atoms with van der Waals surface area (Å²) in [5.74, 6) is -0.310. The van der Waals surface area contributed by atoms with Gasteiger partial charge in [-0.3, -0.25) is 0 Å². The van der Waals surface area contributed by atoms with Crippen LogP contribution in [0.25, 0.3) is 0 Å². The number of halogens is 1. The van der Waals surface area contributed by atoms with E-state index >= 15 is 0 Å². The molecule has 0 bridgehead atoms. The number of benzene rings is 1. The molecule has 2 rings (SSSR count). The third kappa shape index (κ3) is 2.65. The van der Waals surface area contributed by atoms with Crippen molar-refractivity contribution in [3.63, 3.8) is 0 Å². The van der Waals surface area contributed by atoms with Crippen molar-refractivity contribution in [2.24, 2.45) is 0 Å². The van der Waals surface area contributed by atoms with Gasteiger partial charge in [-0.25, -0.2) is 4.39 Å². The lowest BCUT2D eigenvalue weighted by molar-refractivity contribution is 0.0349. The molecule has 4 heteroatoms. The minimum atomic E-state index is -0.696. The molecule has 2 N–H and O–H groups in total. The van der Waals surface area contributed by atoms with Gasteiger partial charge in [0.2, 0.25) is 0 Å². The van der Waals surface area contributed by atoms with Crippen LogP contribution in [-0.2, 0) is 0 Å². The summed E-state index contributed by atoms with van der Waals surface area (Å²) in [4.78, 5) is 1.91. The summed E-state index contributed by atoms with van der Waals surface area (Å²) < 4.78 is 14.0. The maximum Gasteiger partial charge on any atom is 0.146 e. The molecule has 0 radical (unpaired) electrons. The molecule has 1 aliphatic rings. The maximum atomic E-state index is 14.0. The predicted molar refractivity (Wildman–Crippen MR) is 69.1 cm³/mol. The normalized spacial score (nSPS) is 20.8. The standard InChI is InChI=1S/C14H20FNO2/c1-10(17)11-4-3-5-12(15)13(11)16-8-6-14(2,18)7-9-16/h3-5,10,17-18H,6-9H2,1-2H3/t10-/m0/s1. The summed E-state index contributed by atoms with van der Waals surface area (Å²) in [6.45, 7) is 4.65. The fraction of sp³-hybridized carbons (Fsp3) is 0.571. The molecule has 0 unspecified atom stereocenters. The average Bonchev–Trinajstić information content (AvgIpc) is 2.29. The fourth-order valence-electron chi connectivity index (χ4n) is 2.41. The first-order chi connectivity index (χ1) is 8.41. The van der Waals surface area contributed by atoms with Gasteiger partial charge in [0, 0.05) is 18.7 Å². The van der Waals surface area contributed by atoms with E-state index in [1.165, 1.54) is 6.07 Å². The Morgan fingerprint density at radius 1 is 1.33 bits per heavy atom.